The van der Waals surface area contributed by atoms with Gasteiger partial charge in [-0.25, -0.2) is 13.4 Å². The highest BCUT2D eigenvalue weighted by Gasteiger charge is 2.24. The average molecular weight is 329 g/mol. The van der Waals surface area contributed by atoms with Crippen molar-refractivity contribution in [2.24, 2.45) is 0 Å². The SMILES string of the molecule is O=S1(=O)CCN(c2cc(-c3ccccc3)nc3ncnn23)CC1. The molecule has 0 atom stereocenters. The van der Waals surface area contributed by atoms with Crippen LogP contribution >= 0.6 is 0 Å². The van der Waals surface area contributed by atoms with Crippen LogP contribution in [0.1, 0.15) is 0 Å². The lowest BCUT2D eigenvalue weighted by Crippen LogP contribution is -2.41. The Labute approximate surface area is 133 Å². The Morgan fingerprint density at radius 3 is 2.52 bits per heavy atom. The maximum absolute atomic E-state index is 11.7. The van der Waals surface area contributed by atoms with Crippen LogP contribution in [0.5, 0.6) is 0 Å². The summed E-state index contributed by atoms with van der Waals surface area (Å²) in [6.45, 7) is 0.908. The lowest BCUT2D eigenvalue weighted by molar-refractivity contribution is 0.585. The van der Waals surface area contributed by atoms with Crippen LogP contribution in [0.3, 0.4) is 0 Å². The van der Waals surface area contributed by atoms with Crippen LogP contribution in [0, 0.1) is 0 Å². The van der Waals surface area contributed by atoms with Gasteiger partial charge in [0.25, 0.3) is 5.78 Å². The predicted molar refractivity (Wildman–Crippen MR) is 87.1 cm³/mol. The second-order valence-electron chi connectivity index (χ2n) is 5.48. The molecule has 7 nitrogen and oxygen atoms in total. The molecule has 1 aliphatic heterocycles. The zero-order valence-corrected chi connectivity index (χ0v) is 13.1. The van der Waals surface area contributed by atoms with Gasteiger partial charge in [0.05, 0.1) is 17.2 Å². The number of rotatable bonds is 2. The number of benzene rings is 1. The third kappa shape index (κ3) is 2.65. The molecule has 8 heteroatoms. The van der Waals surface area contributed by atoms with Crippen molar-refractivity contribution in [1.29, 1.82) is 0 Å². The summed E-state index contributed by atoms with van der Waals surface area (Å²) in [5, 5.41) is 4.22. The topological polar surface area (TPSA) is 80.5 Å². The molecule has 2 aromatic heterocycles. The average Bonchev–Trinajstić information content (AvgIpc) is 3.03. The van der Waals surface area contributed by atoms with Gasteiger partial charge in [-0.3, -0.25) is 0 Å². The van der Waals surface area contributed by atoms with Crippen LogP contribution in [0.2, 0.25) is 0 Å². The molecule has 0 radical (unpaired) electrons. The second-order valence-corrected chi connectivity index (χ2v) is 7.78. The lowest BCUT2D eigenvalue weighted by Gasteiger charge is -2.28. The molecule has 23 heavy (non-hydrogen) atoms. The first-order valence-electron chi connectivity index (χ1n) is 7.34. The Bertz CT molecular complexity index is 938. The molecule has 0 aliphatic carbocycles. The van der Waals surface area contributed by atoms with E-state index in [2.05, 4.69) is 15.1 Å². The van der Waals surface area contributed by atoms with E-state index < -0.39 is 9.84 Å². The van der Waals surface area contributed by atoms with Crippen molar-refractivity contribution in [3.8, 4) is 11.3 Å². The molecule has 0 N–H and O–H groups in total. The Morgan fingerprint density at radius 2 is 1.78 bits per heavy atom. The Hall–Kier alpha value is -2.48. The van der Waals surface area contributed by atoms with Crippen molar-refractivity contribution in [1.82, 2.24) is 19.6 Å². The third-order valence-electron chi connectivity index (χ3n) is 3.97. The van der Waals surface area contributed by atoms with Gasteiger partial charge in [-0.2, -0.15) is 14.6 Å². The maximum atomic E-state index is 11.7. The second kappa shape index (κ2) is 5.31. The van der Waals surface area contributed by atoms with Crippen LogP contribution < -0.4 is 4.90 Å². The van der Waals surface area contributed by atoms with Crippen molar-refractivity contribution in [2.75, 3.05) is 29.5 Å². The number of aromatic nitrogens is 4. The number of hydrogen-bond donors (Lipinski definition) is 0. The van der Waals surface area contributed by atoms with E-state index in [0.717, 1.165) is 17.1 Å². The number of nitrogens with zero attached hydrogens (tertiary/aromatic N) is 5. The van der Waals surface area contributed by atoms with E-state index in [1.807, 2.05) is 41.3 Å². The van der Waals surface area contributed by atoms with Crippen molar-refractivity contribution in [3.63, 3.8) is 0 Å². The molecular weight excluding hydrogens is 314 g/mol. The van der Waals surface area contributed by atoms with Gasteiger partial charge in [0.2, 0.25) is 0 Å². The highest BCUT2D eigenvalue weighted by Crippen LogP contribution is 2.24. The standard InChI is InChI=1S/C15H15N5O2S/c21-23(22)8-6-19(7-9-23)14-10-13(12-4-2-1-3-5-12)18-15-16-11-17-20(14)15/h1-5,10-11H,6-9H2. The molecule has 0 bridgehead atoms. The number of sulfone groups is 1. The normalized spacial score (nSPS) is 17.5. The maximum Gasteiger partial charge on any atom is 0.254 e. The molecule has 1 aromatic carbocycles. The lowest BCUT2D eigenvalue weighted by atomic mass is 10.1. The first kappa shape index (κ1) is 14.1. The molecule has 1 aliphatic rings. The highest BCUT2D eigenvalue weighted by molar-refractivity contribution is 7.91. The van der Waals surface area contributed by atoms with E-state index in [-0.39, 0.29) is 11.5 Å². The minimum Gasteiger partial charge on any atom is -0.354 e. The minimum absolute atomic E-state index is 0.159. The molecule has 0 saturated carbocycles. The van der Waals surface area contributed by atoms with E-state index >= 15 is 0 Å². The van der Waals surface area contributed by atoms with Crippen LogP contribution in [-0.4, -0.2) is 52.6 Å². The summed E-state index contributed by atoms with van der Waals surface area (Å²) < 4.78 is 25.0. The van der Waals surface area contributed by atoms with Crippen molar-refractivity contribution >= 4 is 21.4 Å². The number of fused-ring (bicyclic) bond motifs is 1. The Kier molecular flexibility index (Phi) is 3.26. The third-order valence-corrected chi connectivity index (χ3v) is 5.58. The first-order chi connectivity index (χ1) is 11.1. The fourth-order valence-corrected chi connectivity index (χ4v) is 3.92. The van der Waals surface area contributed by atoms with Crippen molar-refractivity contribution in [2.45, 2.75) is 0 Å². The quantitative estimate of drug-likeness (QED) is 0.698. The van der Waals surface area contributed by atoms with Crippen LogP contribution in [0.4, 0.5) is 5.82 Å². The molecule has 4 rings (SSSR count). The van der Waals surface area contributed by atoms with E-state index in [4.69, 9.17) is 0 Å². The van der Waals surface area contributed by atoms with Gasteiger partial charge >= 0.3 is 0 Å². The summed E-state index contributed by atoms with van der Waals surface area (Å²) in [6, 6.07) is 11.8. The van der Waals surface area contributed by atoms with E-state index in [9.17, 15) is 8.42 Å². The monoisotopic (exact) mass is 329 g/mol. The smallest absolute Gasteiger partial charge is 0.254 e. The predicted octanol–water partition coefficient (Wildman–Crippen LogP) is 1.03. The molecule has 1 saturated heterocycles. The fraction of sp³-hybridized carbons (Fsp3) is 0.267. The number of hydrogen-bond acceptors (Lipinski definition) is 6. The molecule has 118 valence electrons. The van der Waals surface area contributed by atoms with E-state index in [1.165, 1.54) is 6.33 Å². The molecule has 0 amide bonds. The van der Waals surface area contributed by atoms with Crippen molar-refractivity contribution in [3.05, 3.63) is 42.7 Å². The zero-order chi connectivity index (χ0) is 15.9. The molecule has 0 unspecified atom stereocenters. The zero-order valence-electron chi connectivity index (χ0n) is 12.3. The Balaban J connectivity index is 1.81. The fourth-order valence-electron chi connectivity index (χ4n) is 2.72. The minimum atomic E-state index is -2.93. The van der Waals surface area contributed by atoms with E-state index in [0.29, 0.717) is 18.9 Å². The van der Waals surface area contributed by atoms with Gasteiger partial charge in [-0.15, -0.1) is 0 Å². The van der Waals surface area contributed by atoms with Gasteiger partial charge in [0.15, 0.2) is 9.84 Å². The van der Waals surface area contributed by atoms with Crippen LogP contribution in [-0.2, 0) is 9.84 Å². The summed E-state index contributed by atoms with van der Waals surface area (Å²) in [7, 11) is -2.93. The molecule has 3 aromatic rings. The van der Waals surface area contributed by atoms with Gasteiger partial charge in [0, 0.05) is 24.7 Å². The summed E-state index contributed by atoms with van der Waals surface area (Å²) in [6.07, 6.45) is 1.46. The molecule has 0 spiro atoms. The van der Waals surface area contributed by atoms with Crippen molar-refractivity contribution < 1.29 is 8.42 Å². The van der Waals surface area contributed by atoms with E-state index in [1.54, 1.807) is 4.52 Å². The molecule has 3 heterocycles. The van der Waals surface area contributed by atoms with Gasteiger partial charge < -0.3 is 4.90 Å². The van der Waals surface area contributed by atoms with Crippen LogP contribution in [0.15, 0.2) is 42.7 Å². The van der Waals surface area contributed by atoms with Gasteiger partial charge in [-0.1, -0.05) is 30.3 Å². The molecular formula is C15H15N5O2S. The van der Waals surface area contributed by atoms with Gasteiger partial charge in [-0.05, 0) is 0 Å². The Morgan fingerprint density at radius 1 is 1.04 bits per heavy atom. The first-order valence-corrected chi connectivity index (χ1v) is 9.16. The molecule has 1 fully saturated rings. The highest BCUT2D eigenvalue weighted by atomic mass is 32.2. The summed E-state index contributed by atoms with van der Waals surface area (Å²) in [5.74, 6) is 1.65. The van der Waals surface area contributed by atoms with Crippen LogP contribution in [0.25, 0.3) is 17.0 Å². The summed E-state index contributed by atoms with van der Waals surface area (Å²) >= 11 is 0. The van der Waals surface area contributed by atoms with Gasteiger partial charge in [0.1, 0.15) is 12.1 Å². The number of anilines is 1. The largest absolute Gasteiger partial charge is 0.354 e. The summed E-state index contributed by atoms with van der Waals surface area (Å²) in [4.78, 5) is 10.7. The summed E-state index contributed by atoms with van der Waals surface area (Å²) in [5.41, 5.74) is 1.79.